The van der Waals surface area contributed by atoms with Gasteiger partial charge in [0.15, 0.2) is 0 Å². The van der Waals surface area contributed by atoms with Crippen LogP contribution < -0.4 is 10.5 Å². The highest BCUT2D eigenvalue weighted by atomic mass is 79.9. The minimum absolute atomic E-state index is 0.372. The zero-order chi connectivity index (χ0) is 11.8. The lowest BCUT2D eigenvalue weighted by molar-refractivity contribution is 0.291. The predicted molar refractivity (Wildman–Crippen MR) is 69.6 cm³/mol. The molecule has 1 aromatic carbocycles. The number of hydrogen-bond donors (Lipinski definition) is 1. The van der Waals surface area contributed by atoms with Crippen molar-refractivity contribution in [3.8, 4) is 5.75 Å². The summed E-state index contributed by atoms with van der Waals surface area (Å²) < 4.78 is 6.88. The fraction of sp³-hybridized carbons (Fsp3) is 0.538. The fourth-order valence-electron chi connectivity index (χ4n) is 1.62. The Labute approximate surface area is 105 Å². The molecule has 0 heterocycles. The Morgan fingerprint density at radius 2 is 2.12 bits per heavy atom. The molecule has 2 rings (SSSR count). The summed E-state index contributed by atoms with van der Waals surface area (Å²) in [6.07, 6.45) is 2.61. The van der Waals surface area contributed by atoms with Gasteiger partial charge in [-0.2, -0.15) is 0 Å². The molecule has 1 aliphatic rings. The van der Waals surface area contributed by atoms with Gasteiger partial charge in [0, 0.05) is 15.6 Å². The van der Waals surface area contributed by atoms with Gasteiger partial charge in [-0.1, -0.05) is 15.9 Å². The molecular weight excluding hydrogens is 266 g/mol. The van der Waals surface area contributed by atoms with Crippen LogP contribution in [-0.4, -0.2) is 6.61 Å². The molecule has 0 unspecified atom stereocenters. The van der Waals surface area contributed by atoms with Gasteiger partial charge in [-0.3, -0.25) is 0 Å². The largest absolute Gasteiger partial charge is 0.493 e. The van der Waals surface area contributed by atoms with E-state index in [4.69, 9.17) is 10.5 Å². The van der Waals surface area contributed by atoms with Crippen molar-refractivity contribution >= 4 is 15.9 Å². The van der Waals surface area contributed by atoms with E-state index in [9.17, 15) is 0 Å². The SMILES string of the molecule is CC(C)(N)c1cc(Br)ccc1OCC1CC1. The molecule has 0 radical (unpaired) electrons. The molecular formula is C13H18BrNO. The Bertz CT molecular complexity index is 380. The predicted octanol–water partition coefficient (Wildman–Crippen LogP) is 3.43. The molecule has 0 saturated heterocycles. The van der Waals surface area contributed by atoms with E-state index in [-0.39, 0.29) is 5.54 Å². The number of benzene rings is 1. The molecule has 88 valence electrons. The van der Waals surface area contributed by atoms with Crippen LogP contribution in [0.1, 0.15) is 32.3 Å². The Balaban J connectivity index is 2.20. The molecule has 1 aromatic rings. The Kier molecular flexibility index (Phi) is 3.27. The van der Waals surface area contributed by atoms with Crippen molar-refractivity contribution in [1.82, 2.24) is 0 Å². The highest BCUT2D eigenvalue weighted by Crippen LogP contribution is 2.34. The van der Waals surface area contributed by atoms with E-state index in [0.717, 1.165) is 28.3 Å². The van der Waals surface area contributed by atoms with E-state index >= 15 is 0 Å². The van der Waals surface area contributed by atoms with Gasteiger partial charge >= 0.3 is 0 Å². The fourth-order valence-corrected chi connectivity index (χ4v) is 1.98. The van der Waals surface area contributed by atoms with Crippen LogP contribution in [0, 0.1) is 5.92 Å². The quantitative estimate of drug-likeness (QED) is 0.919. The summed E-state index contributed by atoms with van der Waals surface area (Å²) in [6.45, 7) is 4.82. The Morgan fingerprint density at radius 1 is 1.44 bits per heavy atom. The van der Waals surface area contributed by atoms with Gasteiger partial charge in [0.1, 0.15) is 5.75 Å². The van der Waals surface area contributed by atoms with Crippen molar-refractivity contribution in [2.24, 2.45) is 11.7 Å². The molecule has 0 amide bonds. The first-order valence-corrected chi connectivity index (χ1v) is 6.48. The second kappa shape index (κ2) is 4.38. The zero-order valence-electron chi connectivity index (χ0n) is 9.79. The zero-order valence-corrected chi connectivity index (χ0v) is 11.4. The highest BCUT2D eigenvalue weighted by Gasteiger charge is 2.24. The van der Waals surface area contributed by atoms with Crippen molar-refractivity contribution in [1.29, 1.82) is 0 Å². The number of halogens is 1. The Morgan fingerprint density at radius 3 is 2.69 bits per heavy atom. The third-order valence-electron chi connectivity index (χ3n) is 2.81. The summed E-state index contributed by atoms with van der Waals surface area (Å²) in [6, 6.07) is 6.04. The van der Waals surface area contributed by atoms with Gasteiger partial charge in [0.05, 0.1) is 6.61 Å². The molecule has 16 heavy (non-hydrogen) atoms. The molecule has 3 heteroatoms. The molecule has 2 nitrogen and oxygen atoms in total. The molecule has 1 aliphatic carbocycles. The summed E-state index contributed by atoms with van der Waals surface area (Å²) in [5.41, 5.74) is 6.83. The van der Waals surface area contributed by atoms with Gasteiger partial charge < -0.3 is 10.5 Å². The van der Waals surface area contributed by atoms with Crippen LogP contribution in [0.15, 0.2) is 22.7 Å². The first-order valence-electron chi connectivity index (χ1n) is 5.68. The average Bonchev–Trinajstić information content (AvgIpc) is 2.98. The van der Waals surface area contributed by atoms with Crippen LogP contribution in [0.2, 0.25) is 0 Å². The van der Waals surface area contributed by atoms with E-state index in [1.165, 1.54) is 12.8 Å². The van der Waals surface area contributed by atoms with Crippen LogP contribution in [-0.2, 0) is 5.54 Å². The van der Waals surface area contributed by atoms with Crippen LogP contribution in [0.5, 0.6) is 5.75 Å². The normalized spacial score (nSPS) is 16.2. The van der Waals surface area contributed by atoms with E-state index in [2.05, 4.69) is 15.9 Å². The smallest absolute Gasteiger partial charge is 0.124 e. The number of nitrogens with two attached hydrogens (primary N) is 1. The Hall–Kier alpha value is -0.540. The molecule has 0 spiro atoms. The molecule has 0 aromatic heterocycles. The molecule has 1 fully saturated rings. The van der Waals surface area contributed by atoms with Crippen molar-refractivity contribution in [2.45, 2.75) is 32.2 Å². The summed E-state index contributed by atoms with van der Waals surface area (Å²) in [5, 5.41) is 0. The van der Waals surface area contributed by atoms with Gasteiger partial charge in [-0.15, -0.1) is 0 Å². The van der Waals surface area contributed by atoms with E-state index in [1.54, 1.807) is 0 Å². The van der Waals surface area contributed by atoms with Crippen LogP contribution in [0.4, 0.5) is 0 Å². The topological polar surface area (TPSA) is 35.2 Å². The lowest BCUT2D eigenvalue weighted by atomic mass is 9.95. The van der Waals surface area contributed by atoms with Gasteiger partial charge in [-0.05, 0) is 50.8 Å². The maximum atomic E-state index is 6.15. The number of hydrogen-bond acceptors (Lipinski definition) is 2. The lowest BCUT2D eigenvalue weighted by Crippen LogP contribution is -2.29. The van der Waals surface area contributed by atoms with Crippen molar-refractivity contribution in [3.63, 3.8) is 0 Å². The number of ether oxygens (including phenoxy) is 1. The molecule has 1 saturated carbocycles. The maximum Gasteiger partial charge on any atom is 0.124 e. The van der Waals surface area contributed by atoms with Crippen LogP contribution in [0.25, 0.3) is 0 Å². The first-order chi connectivity index (χ1) is 7.47. The van der Waals surface area contributed by atoms with Crippen molar-refractivity contribution in [2.75, 3.05) is 6.61 Å². The third-order valence-corrected chi connectivity index (χ3v) is 3.30. The molecule has 2 N–H and O–H groups in total. The highest BCUT2D eigenvalue weighted by molar-refractivity contribution is 9.10. The van der Waals surface area contributed by atoms with E-state index in [1.807, 2.05) is 32.0 Å². The molecule has 0 atom stereocenters. The van der Waals surface area contributed by atoms with Crippen LogP contribution in [0.3, 0.4) is 0 Å². The summed E-state index contributed by atoms with van der Waals surface area (Å²) in [4.78, 5) is 0. The second-order valence-electron chi connectivity index (χ2n) is 5.12. The summed E-state index contributed by atoms with van der Waals surface area (Å²) in [7, 11) is 0. The summed E-state index contributed by atoms with van der Waals surface area (Å²) in [5.74, 6) is 1.68. The van der Waals surface area contributed by atoms with E-state index < -0.39 is 0 Å². The maximum absolute atomic E-state index is 6.15. The second-order valence-corrected chi connectivity index (χ2v) is 6.03. The van der Waals surface area contributed by atoms with Gasteiger partial charge in [-0.25, -0.2) is 0 Å². The lowest BCUT2D eigenvalue weighted by Gasteiger charge is -2.23. The standard InChI is InChI=1S/C13H18BrNO/c1-13(2,15)11-7-10(14)5-6-12(11)16-8-9-3-4-9/h5-7,9H,3-4,8,15H2,1-2H3. The van der Waals surface area contributed by atoms with Gasteiger partial charge in [0.25, 0.3) is 0 Å². The van der Waals surface area contributed by atoms with E-state index in [0.29, 0.717) is 0 Å². The monoisotopic (exact) mass is 283 g/mol. The third kappa shape index (κ3) is 2.98. The first kappa shape index (κ1) is 11.9. The van der Waals surface area contributed by atoms with Crippen molar-refractivity contribution < 1.29 is 4.74 Å². The average molecular weight is 284 g/mol. The molecule has 0 bridgehead atoms. The number of rotatable bonds is 4. The minimum atomic E-state index is -0.372. The molecule has 0 aliphatic heterocycles. The minimum Gasteiger partial charge on any atom is -0.493 e. The summed E-state index contributed by atoms with van der Waals surface area (Å²) >= 11 is 3.47. The van der Waals surface area contributed by atoms with Gasteiger partial charge in [0.2, 0.25) is 0 Å². The van der Waals surface area contributed by atoms with Crippen LogP contribution >= 0.6 is 15.9 Å². The van der Waals surface area contributed by atoms with Crippen molar-refractivity contribution in [3.05, 3.63) is 28.2 Å².